The van der Waals surface area contributed by atoms with Crippen LogP contribution in [-0.4, -0.2) is 28.8 Å². The van der Waals surface area contributed by atoms with Crippen molar-refractivity contribution in [3.63, 3.8) is 0 Å². The van der Waals surface area contributed by atoms with E-state index in [4.69, 9.17) is 4.74 Å². The molecular formula is C13H22BrNO3. The summed E-state index contributed by atoms with van der Waals surface area (Å²) in [4.78, 5) is 23.3. The van der Waals surface area contributed by atoms with Gasteiger partial charge in [0.05, 0.1) is 5.33 Å². The van der Waals surface area contributed by atoms with Crippen LogP contribution in [0.1, 0.15) is 46.5 Å². The minimum absolute atomic E-state index is 0.0570. The number of alkyl halides is 1. The van der Waals surface area contributed by atoms with Gasteiger partial charge >= 0.3 is 6.09 Å². The van der Waals surface area contributed by atoms with Crippen molar-refractivity contribution in [3.05, 3.63) is 0 Å². The van der Waals surface area contributed by atoms with Gasteiger partial charge in [-0.15, -0.1) is 0 Å². The van der Waals surface area contributed by atoms with E-state index in [1.165, 1.54) is 0 Å². The van der Waals surface area contributed by atoms with Gasteiger partial charge in [-0.25, -0.2) is 4.79 Å². The molecule has 0 saturated heterocycles. The van der Waals surface area contributed by atoms with Crippen molar-refractivity contribution < 1.29 is 14.3 Å². The van der Waals surface area contributed by atoms with Crippen molar-refractivity contribution in [1.29, 1.82) is 0 Å². The summed E-state index contributed by atoms with van der Waals surface area (Å²) in [6, 6.07) is 0.0570. The van der Waals surface area contributed by atoms with Crippen LogP contribution in [0.3, 0.4) is 0 Å². The summed E-state index contributed by atoms with van der Waals surface area (Å²) in [5, 5.41) is 3.26. The van der Waals surface area contributed by atoms with Crippen LogP contribution < -0.4 is 5.32 Å². The normalized spacial score (nSPS) is 24.4. The highest BCUT2D eigenvalue weighted by molar-refractivity contribution is 9.09. The highest BCUT2D eigenvalue weighted by Gasteiger charge is 2.28. The Balaban J connectivity index is 2.43. The van der Waals surface area contributed by atoms with E-state index in [0.29, 0.717) is 5.33 Å². The fraction of sp³-hybridized carbons (Fsp3) is 0.846. The van der Waals surface area contributed by atoms with Gasteiger partial charge in [0.1, 0.15) is 11.4 Å². The van der Waals surface area contributed by atoms with Gasteiger partial charge in [0.2, 0.25) is 0 Å². The van der Waals surface area contributed by atoms with Crippen LogP contribution in [0, 0.1) is 5.92 Å². The van der Waals surface area contributed by atoms with E-state index in [0.717, 1.165) is 25.7 Å². The molecule has 1 rings (SSSR count). The maximum absolute atomic E-state index is 11.6. The monoisotopic (exact) mass is 319 g/mol. The summed E-state index contributed by atoms with van der Waals surface area (Å²) in [6.45, 7) is 5.51. The van der Waals surface area contributed by atoms with Crippen LogP contribution in [0.15, 0.2) is 0 Å². The first kappa shape index (κ1) is 15.5. The summed E-state index contributed by atoms with van der Waals surface area (Å²) >= 11 is 3.20. The number of hydrogen-bond donors (Lipinski definition) is 1. The number of rotatable bonds is 3. The Morgan fingerprint density at radius 3 is 2.56 bits per heavy atom. The number of nitrogens with one attached hydrogen (secondary N) is 1. The van der Waals surface area contributed by atoms with Gasteiger partial charge in [0.15, 0.2) is 0 Å². The van der Waals surface area contributed by atoms with Gasteiger partial charge in [-0.1, -0.05) is 22.4 Å². The molecule has 1 aliphatic rings. The molecule has 0 unspecified atom stereocenters. The number of ketones is 1. The van der Waals surface area contributed by atoms with Gasteiger partial charge in [-0.05, 0) is 40.0 Å². The van der Waals surface area contributed by atoms with E-state index in [-0.39, 0.29) is 23.8 Å². The molecule has 0 aromatic carbocycles. The standard InChI is InChI=1S/C13H22BrNO3/c1-13(2,3)18-12(17)15-10-6-4-5-9(7-10)11(16)8-14/h9-10H,4-8H2,1-3H3,(H,15,17)/t9-,10+/m0/s1. The smallest absolute Gasteiger partial charge is 0.407 e. The number of Topliss-reactive ketones (excluding diaryl/α,β-unsaturated/α-hetero) is 1. The van der Waals surface area contributed by atoms with Crippen molar-refractivity contribution in [2.24, 2.45) is 5.92 Å². The Morgan fingerprint density at radius 1 is 1.33 bits per heavy atom. The third kappa shape index (κ3) is 5.38. The number of amides is 1. The highest BCUT2D eigenvalue weighted by Crippen LogP contribution is 2.25. The van der Waals surface area contributed by atoms with Gasteiger partial charge in [0.25, 0.3) is 0 Å². The second-order valence-corrected chi connectivity index (χ2v) is 6.37. The molecule has 0 aromatic rings. The first-order valence-electron chi connectivity index (χ1n) is 6.40. The fourth-order valence-corrected chi connectivity index (χ4v) is 2.65. The lowest BCUT2D eigenvalue weighted by Crippen LogP contribution is -2.42. The average Bonchev–Trinajstić information content (AvgIpc) is 2.25. The van der Waals surface area contributed by atoms with Crippen molar-refractivity contribution in [2.45, 2.75) is 58.1 Å². The molecule has 4 nitrogen and oxygen atoms in total. The van der Waals surface area contributed by atoms with Crippen molar-refractivity contribution in [3.8, 4) is 0 Å². The Kier molecular flexibility index (Phi) is 5.63. The average molecular weight is 320 g/mol. The molecule has 104 valence electrons. The van der Waals surface area contributed by atoms with Crippen molar-refractivity contribution >= 4 is 27.8 Å². The maximum atomic E-state index is 11.6. The van der Waals surface area contributed by atoms with E-state index < -0.39 is 5.60 Å². The lowest BCUT2D eigenvalue weighted by molar-refractivity contribution is -0.121. The van der Waals surface area contributed by atoms with Gasteiger partial charge < -0.3 is 10.1 Å². The predicted molar refractivity (Wildman–Crippen MR) is 73.9 cm³/mol. The van der Waals surface area contributed by atoms with Gasteiger partial charge in [0, 0.05) is 12.0 Å². The molecular weight excluding hydrogens is 298 g/mol. The molecule has 0 bridgehead atoms. The molecule has 0 spiro atoms. The summed E-state index contributed by atoms with van der Waals surface area (Å²) < 4.78 is 5.22. The summed E-state index contributed by atoms with van der Waals surface area (Å²) in [5.74, 6) is 0.295. The van der Waals surface area contributed by atoms with E-state index in [2.05, 4.69) is 21.2 Å². The van der Waals surface area contributed by atoms with Crippen LogP contribution in [0.5, 0.6) is 0 Å². The largest absolute Gasteiger partial charge is 0.444 e. The molecule has 1 N–H and O–H groups in total. The second kappa shape index (κ2) is 6.55. The first-order valence-corrected chi connectivity index (χ1v) is 7.52. The van der Waals surface area contributed by atoms with Crippen LogP contribution in [-0.2, 0) is 9.53 Å². The number of halogens is 1. The van der Waals surface area contributed by atoms with E-state index in [9.17, 15) is 9.59 Å². The molecule has 1 amide bonds. The number of carbonyl (C=O) groups is 2. The molecule has 2 atom stereocenters. The van der Waals surface area contributed by atoms with Crippen molar-refractivity contribution in [2.75, 3.05) is 5.33 Å². The summed E-state index contributed by atoms with van der Waals surface area (Å²) in [5.41, 5.74) is -0.482. The van der Waals surface area contributed by atoms with Crippen LogP contribution in [0.25, 0.3) is 0 Å². The molecule has 18 heavy (non-hydrogen) atoms. The lowest BCUT2D eigenvalue weighted by atomic mass is 9.83. The fourth-order valence-electron chi connectivity index (χ4n) is 2.20. The highest BCUT2D eigenvalue weighted by atomic mass is 79.9. The molecule has 1 saturated carbocycles. The Labute approximate surface area is 117 Å². The number of hydrogen-bond acceptors (Lipinski definition) is 3. The molecule has 0 radical (unpaired) electrons. The number of ether oxygens (including phenoxy) is 1. The molecule has 0 aliphatic heterocycles. The van der Waals surface area contributed by atoms with Gasteiger partial charge in [-0.3, -0.25) is 4.79 Å². The third-order valence-electron chi connectivity index (χ3n) is 2.98. The minimum Gasteiger partial charge on any atom is -0.444 e. The zero-order chi connectivity index (χ0) is 13.8. The first-order chi connectivity index (χ1) is 8.31. The van der Waals surface area contributed by atoms with E-state index in [1.807, 2.05) is 20.8 Å². The Morgan fingerprint density at radius 2 is 2.00 bits per heavy atom. The van der Waals surface area contributed by atoms with Crippen LogP contribution in [0.2, 0.25) is 0 Å². The molecule has 0 heterocycles. The quantitative estimate of drug-likeness (QED) is 0.813. The number of alkyl carbamates (subject to hydrolysis) is 1. The third-order valence-corrected chi connectivity index (χ3v) is 3.53. The van der Waals surface area contributed by atoms with Gasteiger partial charge in [-0.2, -0.15) is 0 Å². The van der Waals surface area contributed by atoms with Crippen molar-refractivity contribution in [1.82, 2.24) is 5.32 Å². The summed E-state index contributed by atoms with van der Waals surface area (Å²) in [7, 11) is 0. The zero-order valence-electron chi connectivity index (χ0n) is 11.3. The SMILES string of the molecule is CC(C)(C)OC(=O)N[C@@H]1CCC[C@H](C(=O)CBr)C1. The number of carbonyl (C=O) groups excluding carboxylic acids is 2. The molecule has 1 fully saturated rings. The topological polar surface area (TPSA) is 55.4 Å². The minimum atomic E-state index is -0.482. The molecule has 0 aromatic heterocycles. The summed E-state index contributed by atoms with van der Waals surface area (Å²) in [6.07, 6.45) is 3.16. The zero-order valence-corrected chi connectivity index (χ0v) is 12.9. The lowest BCUT2D eigenvalue weighted by Gasteiger charge is -2.29. The molecule has 1 aliphatic carbocycles. The second-order valence-electron chi connectivity index (χ2n) is 5.81. The van der Waals surface area contributed by atoms with Crippen LogP contribution in [0.4, 0.5) is 4.79 Å². The van der Waals surface area contributed by atoms with Crippen LogP contribution >= 0.6 is 15.9 Å². The van der Waals surface area contributed by atoms with E-state index in [1.54, 1.807) is 0 Å². The van der Waals surface area contributed by atoms with E-state index >= 15 is 0 Å². The Bertz CT molecular complexity index is 312. The maximum Gasteiger partial charge on any atom is 0.407 e. The predicted octanol–water partition coefficient (Wildman–Crippen LogP) is 3.03. The Hall–Kier alpha value is -0.580. The molecule has 5 heteroatoms.